The third-order valence-electron chi connectivity index (χ3n) is 1.86. The van der Waals surface area contributed by atoms with E-state index in [0.717, 1.165) is 12.8 Å². The minimum absolute atomic E-state index is 0.0420. The van der Waals surface area contributed by atoms with Crippen LogP contribution in [-0.4, -0.2) is 37.0 Å². The summed E-state index contributed by atoms with van der Waals surface area (Å²) in [5, 5.41) is 8.44. The van der Waals surface area contributed by atoms with E-state index in [9.17, 15) is 0 Å². The minimum Gasteiger partial charge on any atom is -0.396 e. The molecule has 64 valence electrons. The Morgan fingerprint density at radius 3 is 2.64 bits per heavy atom. The number of fused-ring (bicyclic) bond motifs is 1. The summed E-state index contributed by atoms with van der Waals surface area (Å²) in [4.78, 5) is 0. The van der Waals surface area contributed by atoms with E-state index in [4.69, 9.17) is 19.3 Å². The highest BCUT2D eigenvalue weighted by Gasteiger charge is 2.77. The Kier molecular flexibility index (Phi) is 1.85. The zero-order chi connectivity index (χ0) is 7.73. The molecule has 0 spiro atoms. The van der Waals surface area contributed by atoms with E-state index >= 15 is 0 Å². The van der Waals surface area contributed by atoms with Crippen LogP contribution in [0.2, 0.25) is 0 Å². The van der Waals surface area contributed by atoms with Crippen LogP contribution in [0.5, 0.6) is 0 Å². The zero-order valence-corrected chi connectivity index (χ0v) is 6.28. The monoisotopic (exact) mass is 160 g/mol. The Morgan fingerprint density at radius 1 is 1.36 bits per heavy atom. The highest BCUT2D eigenvalue weighted by molar-refractivity contribution is 5.02. The molecule has 0 aromatic carbocycles. The van der Waals surface area contributed by atoms with Crippen LogP contribution in [0.15, 0.2) is 0 Å². The topological polar surface area (TPSA) is 54.5 Å². The van der Waals surface area contributed by atoms with Crippen molar-refractivity contribution in [2.24, 2.45) is 0 Å². The lowest BCUT2D eigenvalue weighted by molar-refractivity contribution is -0.0864. The summed E-state index contributed by atoms with van der Waals surface area (Å²) in [7, 11) is 0. The summed E-state index contributed by atoms with van der Waals surface area (Å²) in [6, 6.07) is 0. The van der Waals surface area contributed by atoms with Crippen LogP contribution in [0, 0.1) is 0 Å². The Labute approximate surface area is 65.1 Å². The van der Waals surface area contributed by atoms with Gasteiger partial charge in [0.1, 0.15) is 6.61 Å². The van der Waals surface area contributed by atoms with Gasteiger partial charge in [-0.2, -0.15) is 0 Å². The van der Waals surface area contributed by atoms with Crippen molar-refractivity contribution in [3.63, 3.8) is 0 Å². The molecule has 0 bridgehead atoms. The fraction of sp³-hybridized carbons (Fsp3) is 1.00. The van der Waals surface area contributed by atoms with Gasteiger partial charge in [-0.1, -0.05) is 0 Å². The first kappa shape index (κ1) is 7.49. The van der Waals surface area contributed by atoms with Gasteiger partial charge in [-0.3, -0.25) is 0 Å². The Morgan fingerprint density at radius 2 is 2.09 bits per heavy atom. The van der Waals surface area contributed by atoms with E-state index < -0.39 is 0 Å². The summed E-state index contributed by atoms with van der Waals surface area (Å²) in [6.07, 6.45) is 1.75. The van der Waals surface area contributed by atoms with Crippen molar-refractivity contribution in [1.29, 1.82) is 0 Å². The lowest BCUT2D eigenvalue weighted by Gasteiger charge is -2.02. The van der Waals surface area contributed by atoms with Gasteiger partial charge in [-0.15, -0.1) is 0 Å². The molecule has 0 radical (unpaired) electrons. The van der Waals surface area contributed by atoms with Crippen LogP contribution >= 0.6 is 0 Å². The largest absolute Gasteiger partial charge is 0.396 e. The summed E-state index contributed by atoms with van der Waals surface area (Å²) >= 11 is 0. The number of aliphatic hydroxyl groups is 1. The fourth-order valence-electron chi connectivity index (χ4n) is 0.970. The smallest absolute Gasteiger partial charge is 0.249 e. The van der Waals surface area contributed by atoms with Crippen molar-refractivity contribution < 1.29 is 19.3 Å². The average molecular weight is 160 g/mol. The minimum atomic E-state index is -0.320. The molecule has 2 aliphatic rings. The molecule has 2 rings (SSSR count). The predicted octanol–water partition coefficient (Wildman–Crippen LogP) is -0.142. The predicted molar refractivity (Wildman–Crippen MR) is 35.8 cm³/mol. The van der Waals surface area contributed by atoms with E-state index in [0.29, 0.717) is 13.2 Å². The maximum atomic E-state index is 8.44. The molecular formula is C7H12O4. The Balaban J connectivity index is 1.42. The summed E-state index contributed by atoms with van der Waals surface area (Å²) in [5.74, 6) is -0.320. The number of ether oxygens (including phenoxy) is 3. The lowest BCUT2D eigenvalue weighted by Crippen LogP contribution is -2.10. The first-order valence-corrected chi connectivity index (χ1v) is 3.92. The van der Waals surface area contributed by atoms with Crippen molar-refractivity contribution >= 4 is 0 Å². The van der Waals surface area contributed by atoms with Gasteiger partial charge in [0, 0.05) is 13.2 Å². The molecular weight excluding hydrogens is 148 g/mol. The molecule has 0 unspecified atom stereocenters. The second kappa shape index (κ2) is 2.71. The number of epoxide rings is 2. The third kappa shape index (κ3) is 1.54. The van der Waals surface area contributed by atoms with E-state index in [1.54, 1.807) is 0 Å². The van der Waals surface area contributed by atoms with E-state index in [2.05, 4.69) is 0 Å². The van der Waals surface area contributed by atoms with E-state index in [1.807, 2.05) is 0 Å². The molecule has 2 aliphatic heterocycles. The molecule has 0 aromatic heterocycles. The van der Waals surface area contributed by atoms with Crippen LogP contribution < -0.4 is 0 Å². The SMILES string of the molecule is OCCCCOCC12OC1O2. The molecule has 0 aliphatic carbocycles. The van der Waals surface area contributed by atoms with Gasteiger partial charge in [0.25, 0.3) is 0 Å². The first-order valence-electron chi connectivity index (χ1n) is 3.92. The number of aliphatic hydroxyl groups excluding tert-OH is 1. The van der Waals surface area contributed by atoms with E-state index in [1.165, 1.54) is 0 Å². The first-order chi connectivity index (χ1) is 5.37. The molecule has 0 aromatic rings. The molecule has 1 N–H and O–H groups in total. The second-order valence-electron chi connectivity index (χ2n) is 2.86. The van der Waals surface area contributed by atoms with Crippen molar-refractivity contribution in [2.45, 2.75) is 24.9 Å². The van der Waals surface area contributed by atoms with Crippen LogP contribution in [0.4, 0.5) is 0 Å². The summed E-state index contributed by atoms with van der Waals surface area (Å²) in [6.45, 7) is 1.47. The van der Waals surface area contributed by atoms with Crippen LogP contribution in [0.3, 0.4) is 0 Å². The van der Waals surface area contributed by atoms with Crippen molar-refractivity contribution in [1.82, 2.24) is 0 Å². The van der Waals surface area contributed by atoms with Gasteiger partial charge in [-0.05, 0) is 12.8 Å². The number of hydrogen-bond acceptors (Lipinski definition) is 4. The molecule has 11 heavy (non-hydrogen) atoms. The van der Waals surface area contributed by atoms with Gasteiger partial charge in [0.05, 0.1) is 0 Å². The maximum absolute atomic E-state index is 8.44. The summed E-state index contributed by atoms with van der Waals surface area (Å²) in [5.41, 5.74) is 0. The van der Waals surface area contributed by atoms with Crippen LogP contribution in [0.1, 0.15) is 12.8 Å². The second-order valence-corrected chi connectivity index (χ2v) is 2.86. The fourth-order valence-corrected chi connectivity index (χ4v) is 0.970. The molecule has 4 heteroatoms. The normalized spacial score (nSPS) is 38.5. The standard InChI is InChI=1S/C7H12O4/c8-3-1-2-4-9-5-7-6(10-7)11-7/h6,8H,1-5H2. The van der Waals surface area contributed by atoms with Gasteiger partial charge in [-0.25, -0.2) is 0 Å². The molecule has 0 saturated carbocycles. The van der Waals surface area contributed by atoms with Gasteiger partial charge in [0.2, 0.25) is 12.1 Å². The highest BCUT2D eigenvalue weighted by atomic mass is 17.0. The highest BCUT2D eigenvalue weighted by Crippen LogP contribution is 2.55. The number of unbranched alkanes of at least 4 members (excludes halogenated alkanes) is 1. The van der Waals surface area contributed by atoms with Crippen molar-refractivity contribution in [2.75, 3.05) is 19.8 Å². The van der Waals surface area contributed by atoms with Gasteiger partial charge < -0.3 is 19.3 Å². The molecule has 0 amide bonds. The quantitative estimate of drug-likeness (QED) is 0.434. The Bertz CT molecular complexity index is 141. The lowest BCUT2D eigenvalue weighted by atomic mass is 10.3. The van der Waals surface area contributed by atoms with Gasteiger partial charge >= 0.3 is 0 Å². The average Bonchev–Trinajstić information content (AvgIpc) is 2.75. The number of hydrogen-bond donors (Lipinski definition) is 1. The Hall–Kier alpha value is -0.160. The zero-order valence-electron chi connectivity index (χ0n) is 6.28. The third-order valence-corrected chi connectivity index (χ3v) is 1.86. The molecule has 2 heterocycles. The van der Waals surface area contributed by atoms with Crippen molar-refractivity contribution in [3.8, 4) is 0 Å². The van der Waals surface area contributed by atoms with E-state index in [-0.39, 0.29) is 18.7 Å². The molecule has 0 atom stereocenters. The molecule has 2 saturated heterocycles. The van der Waals surface area contributed by atoms with Crippen molar-refractivity contribution in [3.05, 3.63) is 0 Å². The maximum Gasteiger partial charge on any atom is 0.249 e. The van der Waals surface area contributed by atoms with Crippen LogP contribution in [0.25, 0.3) is 0 Å². The van der Waals surface area contributed by atoms with Gasteiger partial charge in [0.15, 0.2) is 0 Å². The molecule has 4 nitrogen and oxygen atoms in total. The molecule has 2 fully saturated rings. The summed E-state index contributed by atoms with van der Waals surface area (Å²) < 4.78 is 15.2. The number of rotatable bonds is 6. The van der Waals surface area contributed by atoms with Crippen LogP contribution in [-0.2, 0) is 14.2 Å².